The third-order valence-electron chi connectivity index (χ3n) is 18.2. The van der Waals surface area contributed by atoms with Crippen LogP contribution in [0.4, 0.5) is 17.1 Å². The van der Waals surface area contributed by atoms with Crippen molar-refractivity contribution < 1.29 is 4.74 Å². The van der Waals surface area contributed by atoms with Crippen molar-refractivity contribution in [2.45, 2.75) is 125 Å². The van der Waals surface area contributed by atoms with Gasteiger partial charge >= 0.3 is 0 Å². The predicted molar refractivity (Wildman–Crippen MR) is 340 cm³/mol. The summed E-state index contributed by atoms with van der Waals surface area (Å²) in [5.74, 6) is 1.80. The number of nitrogens with zero attached hydrogens (tertiary/aromatic N) is 1. The van der Waals surface area contributed by atoms with Crippen LogP contribution in [0.3, 0.4) is 0 Å². The number of ether oxygens (including phenoxy) is 1. The summed E-state index contributed by atoms with van der Waals surface area (Å²) >= 11 is 1.93. The summed E-state index contributed by atoms with van der Waals surface area (Å²) in [6.45, 7) is 28.0. The first kappa shape index (κ1) is 51.3. The molecule has 0 fully saturated rings. The molecule has 0 saturated carbocycles. The van der Waals surface area contributed by atoms with Crippen LogP contribution in [0.2, 0.25) is 0 Å². The zero-order chi connectivity index (χ0) is 56.2. The molecule has 400 valence electrons. The zero-order valence-corrected chi connectivity index (χ0v) is 49.8. The summed E-state index contributed by atoms with van der Waals surface area (Å²) in [7, 11) is 0. The molecule has 0 amide bonds. The highest BCUT2D eigenvalue weighted by molar-refractivity contribution is 7.99. The van der Waals surface area contributed by atoms with Crippen molar-refractivity contribution in [1.29, 1.82) is 0 Å². The molecule has 2 aliphatic heterocycles. The Labute approximate surface area is 484 Å². The molecule has 3 heteroatoms. The molecule has 14 rings (SSSR count). The van der Waals surface area contributed by atoms with Crippen molar-refractivity contribution in [2.75, 3.05) is 4.90 Å². The van der Waals surface area contributed by atoms with E-state index < -0.39 is 10.8 Å². The maximum absolute atomic E-state index is 7.11. The maximum atomic E-state index is 7.11. The highest BCUT2D eigenvalue weighted by Crippen LogP contribution is 2.66. The number of anilines is 3. The fourth-order valence-electron chi connectivity index (χ4n) is 13.9. The van der Waals surface area contributed by atoms with Crippen LogP contribution in [0.5, 0.6) is 11.5 Å². The van der Waals surface area contributed by atoms with E-state index in [1.807, 2.05) is 11.8 Å². The molecule has 0 radical (unpaired) electrons. The van der Waals surface area contributed by atoms with Gasteiger partial charge in [0.1, 0.15) is 11.5 Å². The molecule has 0 N–H and O–H groups in total. The lowest BCUT2D eigenvalue weighted by atomic mass is 9.64. The van der Waals surface area contributed by atoms with Gasteiger partial charge in [0.05, 0.1) is 10.8 Å². The summed E-state index contributed by atoms with van der Waals surface area (Å²) in [4.78, 5) is 5.16. The fourth-order valence-corrected chi connectivity index (χ4v) is 15.0. The quantitative estimate of drug-likeness (QED) is 0.174. The molecular formula is C78H71NOS. The van der Waals surface area contributed by atoms with E-state index in [0.717, 1.165) is 28.6 Å². The number of rotatable bonds is 4. The SMILES string of the molecule is CC(C)(C)c1ccc2c(c1)C1(c3cc(C(C)(C)C)ccc3O2)c2ccccc2-c2ccc(N(c3ccc(-c4ccccc4)cc3)c3ccc4c(c3)C3(c5cc(C(C)(C)C)ccc5Sc5ccc(C(C)(C)C)cc53)c3ccccc3-4)cc21. The van der Waals surface area contributed by atoms with E-state index in [-0.39, 0.29) is 21.7 Å². The third kappa shape index (κ3) is 7.74. The number of hydrogen-bond donors (Lipinski definition) is 0. The van der Waals surface area contributed by atoms with Gasteiger partial charge in [-0.05, 0) is 183 Å². The van der Waals surface area contributed by atoms with Crippen LogP contribution in [0, 0.1) is 0 Å². The van der Waals surface area contributed by atoms with Crippen molar-refractivity contribution in [3.63, 3.8) is 0 Å². The first-order chi connectivity index (χ1) is 38.6. The summed E-state index contributed by atoms with van der Waals surface area (Å²) in [5, 5.41) is 0. The highest BCUT2D eigenvalue weighted by Gasteiger charge is 2.54. The molecule has 2 aliphatic carbocycles. The van der Waals surface area contributed by atoms with Crippen LogP contribution in [0.1, 0.15) is 150 Å². The molecule has 0 saturated heterocycles. The first-order valence-electron chi connectivity index (χ1n) is 29.1. The first-order valence-corrected chi connectivity index (χ1v) is 29.9. The van der Waals surface area contributed by atoms with E-state index in [2.05, 4.69) is 300 Å². The molecule has 10 aromatic carbocycles. The number of benzene rings is 10. The Morgan fingerprint density at radius 2 is 0.654 bits per heavy atom. The summed E-state index contributed by atoms with van der Waals surface area (Å²) in [6.07, 6.45) is 0. The maximum Gasteiger partial charge on any atom is 0.132 e. The minimum Gasteiger partial charge on any atom is -0.457 e. The fraction of sp³-hybridized carbons (Fsp3) is 0.231. The van der Waals surface area contributed by atoms with Gasteiger partial charge in [-0.2, -0.15) is 0 Å². The monoisotopic (exact) mass is 1070 g/mol. The lowest BCUT2D eigenvalue weighted by Crippen LogP contribution is -2.33. The van der Waals surface area contributed by atoms with E-state index in [1.165, 1.54) is 110 Å². The average Bonchev–Trinajstić information content (AvgIpc) is 1.87. The Kier molecular flexibility index (Phi) is 11.3. The molecule has 81 heavy (non-hydrogen) atoms. The van der Waals surface area contributed by atoms with Gasteiger partial charge < -0.3 is 9.64 Å². The number of hydrogen-bond acceptors (Lipinski definition) is 3. The van der Waals surface area contributed by atoms with E-state index in [9.17, 15) is 0 Å². The van der Waals surface area contributed by atoms with Crippen molar-refractivity contribution in [2.24, 2.45) is 0 Å². The number of fused-ring (bicyclic) bond motifs is 18. The molecule has 0 unspecified atom stereocenters. The van der Waals surface area contributed by atoms with Crippen molar-refractivity contribution in [3.05, 3.63) is 279 Å². The Morgan fingerprint density at radius 3 is 1.10 bits per heavy atom. The average molecular weight is 1070 g/mol. The lowest BCUT2D eigenvalue weighted by Gasteiger charge is -2.42. The Balaban J connectivity index is 1.07. The minimum atomic E-state index is -0.692. The van der Waals surface area contributed by atoms with Gasteiger partial charge in [-0.3, -0.25) is 0 Å². The molecule has 2 nitrogen and oxygen atoms in total. The largest absolute Gasteiger partial charge is 0.457 e. The lowest BCUT2D eigenvalue weighted by molar-refractivity contribution is 0.433. The smallest absolute Gasteiger partial charge is 0.132 e. The molecule has 10 aromatic rings. The van der Waals surface area contributed by atoms with Crippen molar-refractivity contribution >= 4 is 28.8 Å². The van der Waals surface area contributed by atoms with Gasteiger partial charge in [0.25, 0.3) is 0 Å². The van der Waals surface area contributed by atoms with Crippen LogP contribution in [-0.2, 0) is 32.5 Å². The van der Waals surface area contributed by atoms with Crippen molar-refractivity contribution in [1.82, 2.24) is 0 Å². The molecule has 2 spiro atoms. The molecule has 2 heterocycles. The minimum absolute atomic E-state index is 0.0569. The van der Waals surface area contributed by atoms with Crippen LogP contribution >= 0.6 is 11.8 Å². The third-order valence-corrected chi connectivity index (χ3v) is 19.4. The molecule has 0 aromatic heterocycles. The van der Waals surface area contributed by atoms with E-state index >= 15 is 0 Å². The van der Waals surface area contributed by atoms with Gasteiger partial charge in [0.2, 0.25) is 0 Å². The van der Waals surface area contributed by atoms with Gasteiger partial charge in [0, 0.05) is 38.0 Å². The Morgan fingerprint density at radius 1 is 0.296 bits per heavy atom. The van der Waals surface area contributed by atoms with Crippen LogP contribution in [0.15, 0.2) is 222 Å². The molecule has 0 bridgehead atoms. The van der Waals surface area contributed by atoms with Crippen LogP contribution in [0.25, 0.3) is 33.4 Å². The van der Waals surface area contributed by atoms with Gasteiger partial charge in [-0.1, -0.05) is 234 Å². The second-order valence-corrected chi connectivity index (χ2v) is 28.4. The second kappa shape index (κ2) is 17.8. The summed E-state index contributed by atoms with van der Waals surface area (Å²) < 4.78 is 7.11. The van der Waals surface area contributed by atoms with Crippen molar-refractivity contribution in [3.8, 4) is 44.9 Å². The van der Waals surface area contributed by atoms with Crippen LogP contribution in [-0.4, -0.2) is 0 Å². The predicted octanol–water partition coefficient (Wildman–Crippen LogP) is 21.3. The normalized spacial score (nSPS) is 14.9. The van der Waals surface area contributed by atoms with E-state index in [1.54, 1.807) is 0 Å². The van der Waals surface area contributed by atoms with E-state index in [4.69, 9.17) is 4.74 Å². The second-order valence-electron chi connectivity index (χ2n) is 27.3. The standard InChI is InChI=1S/C78H71NOS/c1-73(2,3)50-28-38-69-65(42-50)77(66-43-51(74(4,5)6)29-39-70(66)80-69)61-24-18-16-22-57(61)59-36-34-55(46-63(59)77)79(54-32-26-49(27-33-54)48-20-14-13-15-21-48)56-35-37-60-58-23-17-19-25-62(58)78(64(60)47-56)67-44-52(75(7,8)9)30-40-71(67)81-72-41-31-53(45-68(72)78)76(10,11)12/h13-47H,1-12H3. The zero-order valence-electron chi connectivity index (χ0n) is 49.0. The van der Waals surface area contributed by atoms with Gasteiger partial charge in [-0.15, -0.1) is 0 Å². The summed E-state index contributed by atoms with van der Waals surface area (Å²) in [5.41, 5.74) is 24.7. The van der Waals surface area contributed by atoms with Crippen LogP contribution < -0.4 is 9.64 Å². The highest BCUT2D eigenvalue weighted by atomic mass is 32.2. The summed E-state index contributed by atoms with van der Waals surface area (Å²) in [6, 6.07) is 81.8. The molecule has 4 aliphatic rings. The van der Waals surface area contributed by atoms with Gasteiger partial charge in [-0.25, -0.2) is 0 Å². The Bertz CT molecular complexity index is 3850. The van der Waals surface area contributed by atoms with Gasteiger partial charge in [0.15, 0.2) is 0 Å². The molecular weight excluding hydrogens is 999 g/mol. The Hall–Kier alpha value is -7.85. The molecule has 0 atom stereocenters. The topological polar surface area (TPSA) is 12.5 Å². The van der Waals surface area contributed by atoms with E-state index in [0.29, 0.717) is 0 Å².